The van der Waals surface area contributed by atoms with Crippen molar-refractivity contribution < 1.29 is 14.7 Å². The SMILES string of the molecule is CN(C)c1cccc(CNC[C@@H](O)[C@H](Cc2ccccc2)NC(=O)[C@H]2CCC(=O)N2)c1. The first-order valence-corrected chi connectivity index (χ1v) is 10.7. The lowest BCUT2D eigenvalue weighted by Gasteiger charge is -2.26. The van der Waals surface area contributed by atoms with Crippen LogP contribution in [0.1, 0.15) is 24.0 Å². The van der Waals surface area contributed by atoms with Gasteiger partial charge in [-0.1, -0.05) is 42.5 Å². The normalized spacial score (nSPS) is 17.6. The minimum absolute atomic E-state index is 0.109. The molecule has 0 aromatic heterocycles. The summed E-state index contributed by atoms with van der Waals surface area (Å²) in [6.45, 7) is 0.949. The average molecular weight is 425 g/mol. The number of nitrogens with zero attached hydrogens (tertiary/aromatic N) is 1. The van der Waals surface area contributed by atoms with Crippen molar-refractivity contribution in [2.24, 2.45) is 0 Å². The Bertz CT molecular complexity index is 872. The van der Waals surface area contributed by atoms with Crippen LogP contribution in [0, 0.1) is 0 Å². The summed E-state index contributed by atoms with van der Waals surface area (Å²) in [5, 5.41) is 19.8. The van der Waals surface area contributed by atoms with Gasteiger partial charge in [-0.2, -0.15) is 0 Å². The third-order valence-corrected chi connectivity index (χ3v) is 5.51. The predicted octanol–water partition coefficient (Wildman–Crippen LogP) is 1.21. The Labute approximate surface area is 183 Å². The molecule has 3 atom stereocenters. The monoisotopic (exact) mass is 424 g/mol. The van der Waals surface area contributed by atoms with Crippen LogP contribution in [0.15, 0.2) is 54.6 Å². The van der Waals surface area contributed by atoms with E-state index >= 15 is 0 Å². The summed E-state index contributed by atoms with van der Waals surface area (Å²) in [6.07, 6.45) is 0.571. The van der Waals surface area contributed by atoms with Gasteiger partial charge in [-0.15, -0.1) is 0 Å². The van der Waals surface area contributed by atoms with E-state index in [9.17, 15) is 14.7 Å². The summed E-state index contributed by atoms with van der Waals surface area (Å²) < 4.78 is 0. The van der Waals surface area contributed by atoms with Crippen molar-refractivity contribution in [3.63, 3.8) is 0 Å². The zero-order valence-corrected chi connectivity index (χ0v) is 18.2. The Kier molecular flexibility index (Phi) is 8.03. The Morgan fingerprint density at radius 3 is 2.58 bits per heavy atom. The third-order valence-electron chi connectivity index (χ3n) is 5.51. The molecule has 1 aliphatic heterocycles. The lowest BCUT2D eigenvalue weighted by molar-refractivity contribution is -0.126. The van der Waals surface area contributed by atoms with Gasteiger partial charge >= 0.3 is 0 Å². The number of carbonyl (C=O) groups excluding carboxylic acids is 2. The van der Waals surface area contributed by atoms with Gasteiger partial charge in [0.15, 0.2) is 0 Å². The lowest BCUT2D eigenvalue weighted by Crippen LogP contribution is -2.53. The van der Waals surface area contributed by atoms with Crippen LogP contribution >= 0.6 is 0 Å². The maximum atomic E-state index is 12.6. The second-order valence-electron chi connectivity index (χ2n) is 8.23. The third kappa shape index (κ3) is 6.80. The summed E-state index contributed by atoms with van der Waals surface area (Å²) in [5.41, 5.74) is 3.27. The highest BCUT2D eigenvalue weighted by Crippen LogP contribution is 2.14. The highest BCUT2D eigenvalue weighted by molar-refractivity contribution is 5.90. The zero-order valence-electron chi connectivity index (χ0n) is 18.2. The standard InChI is InChI=1S/C24H32N4O3/c1-28(2)19-10-6-9-18(13-19)15-25-16-22(29)21(14-17-7-4-3-5-8-17)27-24(31)20-11-12-23(30)26-20/h3-10,13,20-22,25,29H,11-12,14-16H2,1-2H3,(H,26,30)(H,27,31)/t20-,21+,22-/m1/s1. The number of carbonyl (C=O) groups is 2. The second kappa shape index (κ2) is 10.9. The average Bonchev–Trinajstić information content (AvgIpc) is 3.20. The lowest BCUT2D eigenvalue weighted by atomic mass is 10.00. The van der Waals surface area contributed by atoms with Crippen molar-refractivity contribution in [1.29, 1.82) is 0 Å². The van der Waals surface area contributed by atoms with Crippen molar-refractivity contribution in [2.45, 2.75) is 44.0 Å². The summed E-state index contributed by atoms with van der Waals surface area (Å²) in [7, 11) is 4.00. The number of amides is 2. The summed E-state index contributed by atoms with van der Waals surface area (Å²) in [5.74, 6) is -0.355. The number of anilines is 1. The first-order chi connectivity index (χ1) is 14.9. The Balaban J connectivity index is 1.59. The van der Waals surface area contributed by atoms with E-state index in [1.165, 1.54) is 0 Å². The summed E-state index contributed by atoms with van der Waals surface area (Å²) >= 11 is 0. The van der Waals surface area contributed by atoms with Crippen LogP contribution in [0.5, 0.6) is 0 Å². The number of aliphatic hydroxyl groups is 1. The molecule has 7 nitrogen and oxygen atoms in total. The molecular weight excluding hydrogens is 392 g/mol. The minimum Gasteiger partial charge on any atom is -0.390 e. The molecule has 3 rings (SSSR count). The molecule has 0 aliphatic carbocycles. The molecule has 1 heterocycles. The zero-order chi connectivity index (χ0) is 22.2. The molecule has 31 heavy (non-hydrogen) atoms. The van der Waals surface area contributed by atoms with Gasteiger partial charge in [-0.3, -0.25) is 9.59 Å². The van der Waals surface area contributed by atoms with Crippen LogP contribution in [0.3, 0.4) is 0 Å². The molecule has 1 saturated heterocycles. The highest BCUT2D eigenvalue weighted by atomic mass is 16.3. The molecule has 2 aromatic rings. The Morgan fingerprint density at radius 1 is 1.16 bits per heavy atom. The van der Waals surface area contributed by atoms with Gasteiger partial charge in [-0.05, 0) is 36.1 Å². The molecule has 0 unspecified atom stereocenters. The molecule has 0 radical (unpaired) electrons. The van der Waals surface area contributed by atoms with Gasteiger partial charge < -0.3 is 26.0 Å². The van der Waals surface area contributed by atoms with Gasteiger partial charge in [-0.25, -0.2) is 0 Å². The molecule has 166 valence electrons. The quantitative estimate of drug-likeness (QED) is 0.460. The van der Waals surface area contributed by atoms with Crippen LogP contribution in [-0.2, 0) is 22.6 Å². The maximum Gasteiger partial charge on any atom is 0.242 e. The van der Waals surface area contributed by atoms with Gasteiger partial charge in [0.1, 0.15) is 6.04 Å². The van der Waals surface area contributed by atoms with Crippen molar-refractivity contribution >= 4 is 17.5 Å². The van der Waals surface area contributed by atoms with Crippen LogP contribution in [0.4, 0.5) is 5.69 Å². The number of nitrogens with one attached hydrogen (secondary N) is 3. The van der Waals surface area contributed by atoms with Crippen molar-refractivity contribution in [3.05, 3.63) is 65.7 Å². The first kappa shape index (κ1) is 22.8. The topological polar surface area (TPSA) is 93.7 Å². The molecule has 0 spiro atoms. The predicted molar refractivity (Wildman–Crippen MR) is 122 cm³/mol. The smallest absolute Gasteiger partial charge is 0.242 e. The van der Waals surface area contributed by atoms with E-state index in [-0.39, 0.29) is 11.8 Å². The van der Waals surface area contributed by atoms with E-state index in [1.807, 2.05) is 67.5 Å². The molecule has 4 N–H and O–H groups in total. The van der Waals surface area contributed by atoms with Crippen molar-refractivity contribution in [2.75, 3.05) is 25.5 Å². The van der Waals surface area contributed by atoms with E-state index < -0.39 is 18.2 Å². The van der Waals surface area contributed by atoms with E-state index in [2.05, 4.69) is 22.0 Å². The second-order valence-corrected chi connectivity index (χ2v) is 8.23. The largest absolute Gasteiger partial charge is 0.390 e. The van der Waals surface area contributed by atoms with E-state index in [0.29, 0.717) is 32.4 Å². The fourth-order valence-corrected chi connectivity index (χ4v) is 3.70. The Morgan fingerprint density at radius 2 is 1.90 bits per heavy atom. The van der Waals surface area contributed by atoms with E-state index in [4.69, 9.17) is 0 Å². The number of hydrogen-bond acceptors (Lipinski definition) is 5. The molecule has 1 fully saturated rings. The molecule has 2 amide bonds. The van der Waals surface area contributed by atoms with Gasteiger partial charge in [0.05, 0.1) is 12.1 Å². The van der Waals surface area contributed by atoms with Crippen LogP contribution in [0.25, 0.3) is 0 Å². The van der Waals surface area contributed by atoms with E-state index in [1.54, 1.807) is 0 Å². The van der Waals surface area contributed by atoms with Gasteiger partial charge in [0, 0.05) is 39.3 Å². The molecular formula is C24H32N4O3. The van der Waals surface area contributed by atoms with Crippen molar-refractivity contribution in [1.82, 2.24) is 16.0 Å². The van der Waals surface area contributed by atoms with Crippen LogP contribution in [-0.4, -0.2) is 55.7 Å². The number of rotatable bonds is 10. The molecule has 0 saturated carbocycles. The fraction of sp³-hybridized carbons (Fsp3) is 0.417. The van der Waals surface area contributed by atoms with Gasteiger partial charge in [0.2, 0.25) is 11.8 Å². The van der Waals surface area contributed by atoms with Crippen LogP contribution < -0.4 is 20.9 Å². The number of benzene rings is 2. The van der Waals surface area contributed by atoms with Gasteiger partial charge in [0.25, 0.3) is 0 Å². The maximum absolute atomic E-state index is 12.6. The van der Waals surface area contributed by atoms with E-state index in [0.717, 1.165) is 16.8 Å². The minimum atomic E-state index is -0.779. The number of aliphatic hydroxyl groups excluding tert-OH is 1. The molecule has 2 aromatic carbocycles. The highest BCUT2D eigenvalue weighted by Gasteiger charge is 2.30. The molecule has 7 heteroatoms. The fourth-order valence-electron chi connectivity index (χ4n) is 3.70. The summed E-state index contributed by atoms with van der Waals surface area (Å²) in [4.78, 5) is 26.1. The van der Waals surface area contributed by atoms with Crippen LogP contribution in [0.2, 0.25) is 0 Å². The number of hydrogen-bond donors (Lipinski definition) is 4. The Hall–Kier alpha value is -2.90. The first-order valence-electron chi connectivity index (χ1n) is 10.7. The molecule has 0 bridgehead atoms. The molecule has 1 aliphatic rings. The van der Waals surface area contributed by atoms with Crippen molar-refractivity contribution in [3.8, 4) is 0 Å². The summed E-state index contributed by atoms with van der Waals surface area (Å²) in [6, 6.07) is 17.0.